The third kappa shape index (κ3) is 3.79. The zero-order chi connectivity index (χ0) is 21.4. The molecule has 0 saturated carbocycles. The van der Waals surface area contributed by atoms with Crippen molar-refractivity contribution >= 4 is 11.7 Å². The molecular weight excluding hydrogens is 392 g/mol. The normalized spacial score (nSPS) is 15.3. The van der Waals surface area contributed by atoms with E-state index in [1.807, 2.05) is 17.0 Å². The summed E-state index contributed by atoms with van der Waals surface area (Å²) in [5, 5.41) is 8.87. The Labute approximate surface area is 181 Å². The number of aryl methyl sites for hydroxylation is 2. The third-order valence-electron chi connectivity index (χ3n) is 5.96. The number of hydrogen-bond donors (Lipinski definition) is 0. The summed E-state index contributed by atoms with van der Waals surface area (Å²) in [6.07, 6.45) is 0. The molecular formula is C24H24N4O3. The Kier molecular flexibility index (Phi) is 4.94. The highest BCUT2D eigenvalue weighted by molar-refractivity contribution is 5.95. The molecule has 1 fully saturated rings. The minimum absolute atomic E-state index is 0.00845. The monoisotopic (exact) mass is 416 g/mol. The van der Waals surface area contributed by atoms with Gasteiger partial charge in [0.15, 0.2) is 17.3 Å². The van der Waals surface area contributed by atoms with Gasteiger partial charge in [0, 0.05) is 37.3 Å². The number of hydrogen-bond acceptors (Lipinski definition) is 6. The van der Waals surface area contributed by atoms with Gasteiger partial charge in [-0.2, -0.15) is 0 Å². The van der Waals surface area contributed by atoms with E-state index in [0.717, 1.165) is 17.1 Å². The van der Waals surface area contributed by atoms with E-state index in [1.165, 1.54) is 11.1 Å². The molecule has 5 rings (SSSR count). The number of carbonyl (C=O) groups excluding carboxylic acids is 1. The molecule has 1 aromatic heterocycles. The van der Waals surface area contributed by atoms with Crippen LogP contribution < -0.4 is 14.4 Å². The quantitative estimate of drug-likeness (QED) is 0.652. The van der Waals surface area contributed by atoms with E-state index < -0.39 is 0 Å². The van der Waals surface area contributed by atoms with Gasteiger partial charge in [0.2, 0.25) is 6.79 Å². The Balaban J connectivity index is 1.23. The van der Waals surface area contributed by atoms with E-state index in [1.54, 1.807) is 18.2 Å². The molecule has 0 atom stereocenters. The summed E-state index contributed by atoms with van der Waals surface area (Å²) in [4.78, 5) is 16.9. The van der Waals surface area contributed by atoms with Crippen molar-refractivity contribution in [2.24, 2.45) is 0 Å². The molecule has 158 valence electrons. The van der Waals surface area contributed by atoms with Crippen LogP contribution in [0.5, 0.6) is 11.5 Å². The molecule has 3 aromatic rings. The second-order valence-corrected chi connectivity index (χ2v) is 7.92. The van der Waals surface area contributed by atoms with Crippen LogP contribution in [0.25, 0.3) is 11.3 Å². The number of benzene rings is 2. The van der Waals surface area contributed by atoms with Crippen LogP contribution in [-0.4, -0.2) is 54.0 Å². The minimum Gasteiger partial charge on any atom is -0.454 e. The van der Waals surface area contributed by atoms with Gasteiger partial charge in [-0.05, 0) is 61.4 Å². The topological polar surface area (TPSA) is 67.8 Å². The van der Waals surface area contributed by atoms with Crippen molar-refractivity contribution < 1.29 is 14.3 Å². The Morgan fingerprint density at radius 2 is 1.65 bits per heavy atom. The Morgan fingerprint density at radius 3 is 2.39 bits per heavy atom. The molecule has 2 aromatic carbocycles. The first-order chi connectivity index (χ1) is 15.1. The fraction of sp³-hybridized carbons (Fsp3) is 0.292. The van der Waals surface area contributed by atoms with Gasteiger partial charge >= 0.3 is 0 Å². The van der Waals surface area contributed by atoms with Crippen molar-refractivity contribution in [3.8, 4) is 22.8 Å². The first kappa shape index (κ1) is 19.4. The number of amides is 1. The van der Waals surface area contributed by atoms with Gasteiger partial charge in [-0.25, -0.2) is 0 Å². The number of carbonyl (C=O) groups is 1. The summed E-state index contributed by atoms with van der Waals surface area (Å²) in [5.74, 6) is 2.16. The molecule has 0 spiro atoms. The molecule has 31 heavy (non-hydrogen) atoms. The van der Waals surface area contributed by atoms with Crippen LogP contribution in [0.2, 0.25) is 0 Å². The van der Waals surface area contributed by atoms with Gasteiger partial charge in [0.1, 0.15) is 0 Å². The zero-order valence-corrected chi connectivity index (χ0v) is 17.7. The van der Waals surface area contributed by atoms with Crippen molar-refractivity contribution in [3.63, 3.8) is 0 Å². The van der Waals surface area contributed by atoms with Gasteiger partial charge in [0.25, 0.3) is 5.91 Å². The van der Waals surface area contributed by atoms with E-state index in [4.69, 9.17) is 9.47 Å². The maximum atomic E-state index is 12.9. The second kappa shape index (κ2) is 7.91. The van der Waals surface area contributed by atoms with Crippen LogP contribution in [0.4, 0.5) is 5.82 Å². The van der Waals surface area contributed by atoms with Crippen LogP contribution >= 0.6 is 0 Å². The lowest BCUT2D eigenvalue weighted by Gasteiger charge is -2.35. The third-order valence-corrected chi connectivity index (χ3v) is 5.96. The van der Waals surface area contributed by atoms with E-state index >= 15 is 0 Å². The Hall–Kier alpha value is -3.61. The summed E-state index contributed by atoms with van der Waals surface area (Å²) >= 11 is 0. The predicted molar refractivity (Wildman–Crippen MR) is 118 cm³/mol. The summed E-state index contributed by atoms with van der Waals surface area (Å²) in [7, 11) is 0. The van der Waals surface area contributed by atoms with E-state index in [2.05, 4.69) is 47.1 Å². The molecule has 1 amide bonds. The summed E-state index contributed by atoms with van der Waals surface area (Å²) in [5.41, 5.74) is 5.06. The first-order valence-electron chi connectivity index (χ1n) is 10.4. The molecule has 0 bridgehead atoms. The van der Waals surface area contributed by atoms with Crippen LogP contribution in [0.3, 0.4) is 0 Å². The molecule has 3 heterocycles. The predicted octanol–water partition coefficient (Wildman–Crippen LogP) is 3.45. The highest BCUT2D eigenvalue weighted by Crippen LogP contribution is 2.33. The lowest BCUT2D eigenvalue weighted by atomic mass is 10.0. The van der Waals surface area contributed by atoms with Crippen molar-refractivity contribution in [2.45, 2.75) is 13.8 Å². The molecule has 2 aliphatic heterocycles. The molecule has 1 saturated heterocycles. The molecule has 0 aliphatic carbocycles. The maximum absolute atomic E-state index is 12.9. The number of ether oxygens (including phenoxy) is 2. The number of piperazine rings is 1. The SMILES string of the molecule is Cc1ccc(-c2ccc(N3CCN(C(=O)c4ccc5c(c4)OCO5)CC3)nn2)cc1C. The zero-order valence-electron chi connectivity index (χ0n) is 17.7. The second-order valence-electron chi connectivity index (χ2n) is 7.92. The van der Waals surface area contributed by atoms with Crippen LogP contribution in [0, 0.1) is 13.8 Å². The number of nitrogens with zero attached hydrogens (tertiary/aromatic N) is 4. The number of rotatable bonds is 3. The Morgan fingerprint density at radius 1 is 0.839 bits per heavy atom. The molecule has 7 heteroatoms. The molecule has 0 unspecified atom stereocenters. The van der Waals surface area contributed by atoms with Crippen molar-refractivity contribution in [1.29, 1.82) is 0 Å². The number of fused-ring (bicyclic) bond motifs is 1. The maximum Gasteiger partial charge on any atom is 0.254 e. The average molecular weight is 416 g/mol. The summed E-state index contributed by atoms with van der Waals surface area (Å²) < 4.78 is 10.7. The fourth-order valence-electron chi connectivity index (χ4n) is 3.90. The van der Waals surface area contributed by atoms with Crippen LogP contribution in [0.15, 0.2) is 48.5 Å². The van der Waals surface area contributed by atoms with Crippen molar-refractivity contribution in [3.05, 3.63) is 65.2 Å². The highest BCUT2D eigenvalue weighted by Gasteiger charge is 2.25. The highest BCUT2D eigenvalue weighted by atomic mass is 16.7. The summed E-state index contributed by atoms with van der Waals surface area (Å²) in [6, 6.07) is 15.7. The number of aromatic nitrogens is 2. The fourth-order valence-corrected chi connectivity index (χ4v) is 3.90. The largest absolute Gasteiger partial charge is 0.454 e. The standard InChI is InChI=1S/C24H24N4O3/c1-16-3-4-18(13-17(16)2)20-6-8-23(26-25-20)27-9-11-28(12-10-27)24(29)19-5-7-21-22(14-19)31-15-30-21/h3-8,13-14H,9-12,15H2,1-2H3. The Bertz CT molecular complexity index is 1120. The van der Waals surface area contributed by atoms with Crippen molar-refractivity contribution in [1.82, 2.24) is 15.1 Å². The summed E-state index contributed by atoms with van der Waals surface area (Å²) in [6.45, 7) is 7.11. The molecule has 0 radical (unpaired) electrons. The van der Waals surface area contributed by atoms with Crippen LogP contribution in [-0.2, 0) is 0 Å². The van der Waals surface area contributed by atoms with Gasteiger partial charge in [-0.3, -0.25) is 4.79 Å². The lowest BCUT2D eigenvalue weighted by molar-refractivity contribution is 0.0746. The van der Waals surface area contributed by atoms with Crippen molar-refractivity contribution in [2.75, 3.05) is 37.9 Å². The minimum atomic E-state index is 0.00845. The molecule has 0 N–H and O–H groups in total. The lowest BCUT2D eigenvalue weighted by Crippen LogP contribution is -2.49. The average Bonchev–Trinajstić information content (AvgIpc) is 3.29. The van der Waals surface area contributed by atoms with E-state index in [0.29, 0.717) is 43.2 Å². The van der Waals surface area contributed by atoms with E-state index in [-0.39, 0.29) is 12.7 Å². The van der Waals surface area contributed by atoms with E-state index in [9.17, 15) is 4.79 Å². The van der Waals surface area contributed by atoms with Gasteiger partial charge < -0.3 is 19.3 Å². The van der Waals surface area contributed by atoms with Gasteiger partial charge in [-0.1, -0.05) is 12.1 Å². The molecule has 7 nitrogen and oxygen atoms in total. The smallest absolute Gasteiger partial charge is 0.254 e. The van der Waals surface area contributed by atoms with Crippen LogP contribution in [0.1, 0.15) is 21.5 Å². The number of anilines is 1. The molecule has 2 aliphatic rings. The van der Waals surface area contributed by atoms with Gasteiger partial charge in [0.05, 0.1) is 5.69 Å². The van der Waals surface area contributed by atoms with Gasteiger partial charge in [-0.15, -0.1) is 10.2 Å². The first-order valence-corrected chi connectivity index (χ1v) is 10.4.